The molecule has 4 heteroatoms. The van der Waals surface area contributed by atoms with Crippen molar-refractivity contribution in [2.24, 2.45) is 0 Å². The molecular weight excluding hydrogens is 827 g/mol. The Morgan fingerprint density at radius 3 is 1.40 bits per heavy atom. The molecule has 4 nitrogen and oxygen atoms in total. The van der Waals surface area contributed by atoms with E-state index in [9.17, 15) is 0 Å². The Labute approximate surface area is 394 Å². The number of hydrogen-bond donors (Lipinski definition) is 0. The summed E-state index contributed by atoms with van der Waals surface area (Å²) in [6, 6.07) is 88.7. The fourth-order valence-corrected chi connectivity index (χ4v) is 10.5. The maximum Gasteiger partial charge on any atom is 0.164 e. The first-order chi connectivity index (χ1) is 33.7. The molecule has 1 aliphatic carbocycles. The summed E-state index contributed by atoms with van der Waals surface area (Å²) in [6.07, 6.45) is 0. The molecule has 68 heavy (non-hydrogen) atoms. The van der Waals surface area contributed by atoms with Crippen molar-refractivity contribution in [3.63, 3.8) is 0 Å². The van der Waals surface area contributed by atoms with Gasteiger partial charge in [-0.1, -0.05) is 206 Å². The standard InChI is InChI=1S/C64H41N3O/c1-5-19-42(20-6-1)61-65-62(43-21-7-2-8-22-43)67-63(66-61)48-26-18-24-45(38-48)44-23-17-25-46(37-44)54-41-58-55(40-53(54)47-35-36-60-56(39-47)52-32-14-16-34-59(52)68-60)51-31-13-15-33-57(51)64(58,49-27-9-3-10-28-49)50-29-11-4-12-30-50/h1-41H. The Kier molecular flexibility index (Phi) is 9.36. The lowest BCUT2D eigenvalue weighted by Gasteiger charge is -2.34. The van der Waals surface area contributed by atoms with Gasteiger partial charge in [0.15, 0.2) is 17.5 Å². The second-order valence-electron chi connectivity index (χ2n) is 17.5. The van der Waals surface area contributed by atoms with E-state index in [-0.39, 0.29) is 0 Å². The van der Waals surface area contributed by atoms with Crippen LogP contribution in [0.2, 0.25) is 0 Å². The van der Waals surface area contributed by atoms with Crippen LogP contribution in [-0.4, -0.2) is 15.0 Å². The van der Waals surface area contributed by atoms with Crippen LogP contribution in [0.25, 0.3) is 101 Å². The lowest BCUT2D eigenvalue weighted by atomic mass is 9.67. The van der Waals surface area contributed by atoms with Gasteiger partial charge in [-0.3, -0.25) is 0 Å². The molecule has 0 amide bonds. The molecule has 318 valence electrons. The average Bonchev–Trinajstić information content (AvgIpc) is 3.94. The van der Waals surface area contributed by atoms with E-state index in [1.54, 1.807) is 0 Å². The van der Waals surface area contributed by atoms with Crippen LogP contribution in [-0.2, 0) is 5.41 Å². The van der Waals surface area contributed by atoms with Gasteiger partial charge in [0.25, 0.3) is 0 Å². The number of aromatic nitrogens is 3. The quantitative estimate of drug-likeness (QED) is 0.153. The smallest absolute Gasteiger partial charge is 0.164 e. The van der Waals surface area contributed by atoms with Gasteiger partial charge >= 0.3 is 0 Å². The number of furan rings is 1. The van der Waals surface area contributed by atoms with Crippen LogP contribution >= 0.6 is 0 Å². The highest BCUT2D eigenvalue weighted by Gasteiger charge is 2.46. The number of fused-ring (bicyclic) bond motifs is 6. The first-order valence-corrected chi connectivity index (χ1v) is 23.1. The van der Waals surface area contributed by atoms with Gasteiger partial charge < -0.3 is 4.42 Å². The van der Waals surface area contributed by atoms with E-state index in [0.29, 0.717) is 17.5 Å². The van der Waals surface area contributed by atoms with Crippen LogP contribution in [0.15, 0.2) is 253 Å². The second kappa shape index (κ2) is 16.2. The summed E-state index contributed by atoms with van der Waals surface area (Å²) in [6.45, 7) is 0. The molecule has 0 radical (unpaired) electrons. The van der Waals surface area contributed by atoms with Crippen molar-refractivity contribution in [1.82, 2.24) is 15.0 Å². The summed E-state index contributed by atoms with van der Waals surface area (Å²) in [5.74, 6) is 1.89. The SMILES string of the molecule is c1ccc(-c2nc(-c3ccccc3)nc(-c3cccc(-c4cccc(-c5cc6c(cc5-c5ccc7oc8ccccc8c7c5)-c5ccccc5C6(c5ccccc5)c5ccccc5)c4)c3)n2)cc1. The molecule has 0 atom stereocenters. The fourth-order valence-electron chi connectivity index (χ4n) is 10.5. The molecule has 0 bridgehead atoms. The number of rotatable bonds is 8. The molecule has 12 aromatic rings. The highest BCUT2D eigenvalue weighted by molar-refractivity contribution is 6.07. The van der Waals surface area contributed by atoms with Crippen LogP contribution < -0.4 is 0 Å². The van der Waals surface area contributed by atoms with Crippen LogP contribution in [0.5, 0.6) is 0 Å². The van der Waals surface area contributed by atoms with E-state index >= 15 is 0 Å². The summed E-state index contributed by atoms with van der Waals surface area (Å²) in [4.78, 5) is 15.1. The zero-order valence-electron chi connectivity index (χ0n) is 36.9. The Bertz CT molecular complexity index is 3750. The van der Waals surface area contributed by atoms with Crippen LogP contribution in [0.3, 0.4) is 0 Å². The number of benzene rings is 10. The highest BCUT2D eigenvalue weighted by Crippen LogP contribution is 2.58. The van der Waals surface area contributed by atoms with Crippen molar-refractivity contribution in [2.45, 2.75) is 5.41 Å². The van der Waals surface area contributed by atoms with E-state index in [1.807, 2.05) is 72.8 Å². The molecule has 2 heterocycles. The zero-order valence-corrected chi connectivity index (χ0v) is 36.9. The first-order valence-electron chi connectivity index (χ1n) is 23.1. The van der Waals surface area contributed by atoms with Crippen molar-refractivity contribution in [3.05, 3.63) is 271 Å². The summed E-state index contributed by atoms with van der Waals surface area (Å²) in [7, 11) is 0. The van der Waals surface area contributed by atoms with Crippen LogP contribution in [0.4, 0.5) is 0 Å². The molecule has 13 rings (SSSR count). The predicted octanol–water partition coefficient (Wildman–Crippen LogP) is 16.1. The van der Waals surface area contributed by atoms with Crippen LogP contribution in [0.1, 0.15) is 22.3 Å². The van der Waals surface area contributed by atoms with Crippen molar-refractivity contribution >= 4 is 21.9 Å². The van der Waals surface area contributed by atoms with Gasteiger partial charge in [-0.15, -0.1) is 0 Å². The predicted molar refractivity (Wildman–Crippen MR) is 277 cm³/mol. The normalized spacial score (nSPS) is 12.5. The van der Waals surface area contributed by atoms with Gasteiger partial charge in [0, 0.05) is 27.5 Å². The van der Waals surface area contributed by atoms with E-state index in [4.69, 9.17) is 19.4 Å². The molecule has 0 fully saturated rings. The van der Waals surface area contributed by atoms with E-state index in [2.05, 4.69) is 176 Å². The second-order valence-corrected chi connectivity index (χ2v) is 17.5. The van der Waals surface area contributed by atoms with Crippen molar-refractivity contribution in [1.29, 1.82) is 0 Å². The third-order valence-corrected chi connectivity index (χ3v) is 13.6. The molecule has 2 aromatic heterocycles. The molecule has 0 saturated heterocycles. The molecule has 0 spiro atoms. The summed E-state index contributed by atoms with van der Waals surface area (Å²) in [5.41, 5.74) is 18.2. The minimum atomic E-state index is -0.555. The molecule has 0 aliphatic heterocycles. The van der Waals surface area contributed by atoms with Gasteiger partial charge in [0.1, 0.15) is 11.2 Å². The average molecular weight is 868 g/mol. The Balaban J connectivity index is 1.02. The molecule has 0 N–H and O–H groups in total. The van der Waals surface area contributed by atoms with Crippen molar-refractivity contribution < 1.29 is 4.42 Å². The Hall–Kier alpha value is -8.99. The number of nitrogens with zero attached hydrogens (tertiary/aromatic N) is 3. The maximum absolute atomic E-state index is 6.36. The highest BCUT2D eigenvalue weighted by atomic mass is 16.3. The number of hydrogen-bond acceptors (Lipinski definition) is 4. The van der Waals surface area contributed by atoms with Crippen LogP contribution in [0, 0.1) is 0 Å². The van der Waals surface area contributed by atoms with Crippen molar-refractivity contribution in [3.8, 4) is 78.7 Å². The minimum Gasteiger partial charge on any atom is -0.456 e. The third-order valence-electron chi connectivity index (χ3n) is 13.6. The molecule has 0 unspecified atom stereocenters. The van der Waals surface area contributed by atoms with Gasteiger partial charge in [-0.25, -0.2) is 15.0 Å². The summed E-state index contributed by atoms with van der Waals surface area (Å²) in [5, 5.41) is 2.21. The largest absolute Gasteiger partial charge is 0.456 e. The maximum atomic E-state index is 6.36. The Morgan fingerprint density at radius 1 is 0.265 bits per heavy atom. The van der Waals surface area contributed by atoms with Gasteiger partial charge in [0.05, 0.1) is 5.41 Å². The van der Waals surface area contributed by atoms with E-state index < -0.39 is 5.41 Å². The van der Waals surface area contributed by atoms with Gasteiger partial charge in [-0.05, 0) is 109 Å². The third kappa shape index (κ3) is 6.49. The van der Waals surface area contributed by atoms with Gasteiger partial charge in [-0.2, -0.15) is 0 Å². The van der Waals surface area contributed by atoms with E-state index in [0.717, 1.165) is 72.0 Å². The molecular formula is C64H41N3O. The summed E-state index contributed by atoms with van der Waals surface area (Å²) < 4.78 is 6.36. The monoisotopic (exact) mass is 867 g/mol. The minimum absolute atomic E-state index is 0.555. The molecule has 1 aliphatic rings. The fraction of sp³-hybridized carbons (Fsp3) is 0.0156. The Morgan fingerprint density at radius 2 is 0.735 bits per heavy atom. The lowest BCUT2D eigenvalue weighted by molar-refractivity contribution is 0.669. The molecule has 10 aromatic carbocycles. The summed E-state index contributed by atoms with van der Waals surface area (Å²) >= 11 is 0. The lowest BCUT2D eigenvalue weighted by Crippen LogP contribution is -2.28. The van der Waals surface area contributed by atoms with E-state index in [1.165, 1.54) is 33.4 Å². The topological polar surface area (TPSA) is 51.8 Å². The number of para-hydroxylation sites is 1. The van der Waals surface area contributed by atoms with Gasteiger partial charge in [0.2, 0.25) is 0 Å². The zero-order chi connectivity index (χ0) is 45.0. The first kappa shape index (κ1) is 39.4. The molecule has 0 saturated carbocycles. The van der Waals surface area contributed by atoms with Crippen molar-refractivity contribution in [2.75, 3.05) is 0 Å².